The second-order valence-corrected chi connectivity index (χ2v) is 6.08. The molecule has 0 aromatic carbocycles. The van der Waals surface area contributed by atoms with E-state index < -0.39 is 9.84 Å². The van der Waals surface area contributed by atoms with E-state index in [0.29, 0.717) is 0 Å². The van der Waals surface area contributed by atoms with E-state index in [1.54, 1.807) is 18.2 Å². The Balaban J connectivity index is 2.08. The van der Waals surface area contributed by atoms with Gasteiger partial charge in [-0.3, -0.25) is 0 Å². The zero-order valence-corrected chi connectivity index (χ0v) is 9.91. The summed E-state index contributed by atoms with van der Waals surface area (Å²) in [5.74, 6) is 0.157. The van der Waals surface area contributed by atoms with Gasteiger partial charge in [-0.15, -0.1) is 0 Å². The number of piperidine rings is 1. The monoisotopic (exact) mass is 240 g/mol. The molecule has 1 atom stereocenters. The van der Waals surface area contributed by atoms with E-state index >= 15 is 0 Å². The van der Waals surface area contributed by atoms with E-state index in [1.165, 1.54) is 6.20 Å². The minimum atomic E-state index is -3.23. The summed E-state index contributed by atoms with van der Waals surface area (Å²) in [6.07, 6.45) is 4.70. The van der Waals surface area contributed by atoms with Crippen molar-refractivity contribution in [1.82, 2.24) is 10.3 Å². The highest BCUT2D eigenvalue weighted by atomic mass is 32.2. The fourth-order valence-corrected chi connectivity index (χ4v) is 3.44. The molecule has 1 saturated heterocycles. The minimum absolute atomic E-state index is 0.0840. The molecule has 1 N–H and O–H groups in total. The predicted molar refractivity (Wildman–Crippen MR) is 61.9 cm³/mol. The quantitative estimate of drug-likeness (QED) is 0.856. The molecule has 4 nitrogen and oxygen atoms in total. The van der Waals surface area contributed by atoms with Gasteiger partial charge in [0, 0.05) is 12.2 Å². The van der Waals surface area contributed by atoms with Gasteiger partial charge in [-0.1, -0.05) is 12.5 Å². The standard InChI is InChI=1S/C11H16N2O2S/c14-16(15,11-6-2-4-8-13-11)9-10-5-1-3-7-12-10/h2,4,6,8,10,12H,1,3,5,7,9H2/t10-/m0/s1. The first kappa shape index (κ1) is 11.5. The van der Waals surface area contributed by atoms with Crippen molar-refractivity contribution in [3.63, 3.8) is 0 Å². The van der Waals surface area contributed by atoms with Gasteiger partial charge in [-0.2, -0.15) is 0 Å². The lowest BCUT2D eigenvalue weighted by Crippen LogP contribution is -2.39. The molecule has 0 radical (unpaired) electrons. The maximum Gasteiger partial charge on any atom is 0.197 e. The highest BCUT2D eigenvalue weighted by molar-refractivity contribution is 7.91. The maximum atomic E-state index is 12.0. The van der Waals surface area contributed by atoms with Crippen LogP contribution in [0.3, 0.4) is 0 Å². The fourth-order valence-electron chi connectivity index (χ4n) is 1.95. The van der Waals surface area contributed by atoms with Crippen LogP contribution in [0.5, 0.6) is 0 Å². The highest BCUT2D eigenvalue weighted by Gasteiger charge is 2.23. The van der Waals surface area contributed by atoms with Crippen molar-refractivity contribution in [3.8, 4) is 0 Å². The van der Waals surface area contributed by atoms with Gasteiger partial charge in [-0.05, 0) is 31.5 Å². The molecule has 0 amide bonds. The Labute approximate surface area is 96.0 Å². The smallest absolute Gasteiger partial charge is 0.197 e. The average molecular weight is 240 g/mol. The summed E-state index contributed by atoms with van der Waals surface area (Å²) >= 11 is 0. The number of hydrogen-bond acceptors (Lipinski definition) is 4. The highest BCUT2D eigenvalue weighted by Crippen LogP contribution is 2.13. The first-order valence-corrected chi connectivity index (χ1v) is 7.21. The molecule has 1 fully saturated rings. The minimum Gasteiger partial charge on any atom is -0.313 e. The van der Waals surface area contributed by atoms with E-state index in [9.17, 15) is 8.42 Å². The molecule has 0 unspecified atom stereocenters. The molecule has 2 rings (SSSR count). The Morgan fingerprint density at radius 2 is 2.25 bits per heavy atom. The summed E-state index contributed by atoms with van der Waals surface area (Å²) in [5, 5.41) is 3.42. The van der Waals surface area contributed by atoms with Gasteiger partial charge in [0.1, 0.15) is 0 Å². The Morgan fingerprint density at radius 3 is 2.88 bits per heavy atom. The van der Waals surface area contributed by atoms with Crippen molar-refractivity contribution in [2.24, 2.45) is 0 Å². The zero-order chi connectivity index (χ0) is 11.4. The number of nitrogens with zero attached hydrogens (tertiary/aromatic N) is 1. The second-order valence-electron chi connectivity index (χ2n) is 4.10. The SMILES string of the molecule is O=S(=O)(C[C@@H]1CCCCN1)c1ccccn1. The van der Waals surface area contributed by atoms with Crippen molar-refractivity contribution in [2.45, 2.75) is 30.3 Å². The van der Waals surface area contributed by atoms with E-state index in [2.05, 4.69) is 10.3 Å². The maximum absolute atomic E-state index is 12.0. The van der Waals surface area contributed by atoms with Gasteiger partial charge in [0.25, 0.3) is 0 Å². The van der Waals surface area contributed by atoms with Crippen LogP contribution in [0.25, 0.3) is 0 Å². The number of hydrogen-bond donors (Lipinski definition) is 1. The molecule has 1 aromatic rings. The zero-order valence-electron chi connectivity index (χ0n) is 9.09. The summed E-state index contributed by atoms with van der Waals surface area (Å²) in [7, 11) is -3.23. The Bertz CT molecular complexity index is 425. The van der Waals surface area contributed by atoms with Crippen LogP contribution in [0, 0.1) is 0 Å². The Morgan fingerprint density at radius 1 is 1.38 bits per heavy atom. The molecule has 1 aliphatic heterocycles. The van der Waals surface area contributed by atoms with Crippen LogP contribution in [-0.4, -0.2) is 31.7 Å². The first-order chi connectivity index (χ1) is 7.68. The van der Waals surface area contributed by atoms with Crippen LogP contribution in [0.4, 0.5) is 0 Å². The molecular formula is C11H16N2O2S. The lowest BCUT2D eigenvalue weighted by atomic mass is 10.1. The van der Waals surface area contributed by atoms with Gasteiger partial charge in [0.05, 0.1) is 5.75 Å². The van der Waals surface area contributed by atoms with Crippen LogP contribution >= 0.6 is 0 Å². The van der Waals surface area contributed by atoms with Gasteiger partial charge in [0.15, 0.2) is 14.9 Å². The van der Waals surface area contributed by atoms with Gasteiger partial charge < -0.3 is 5.32 Å². The van der Waals surface area contributed by atoms with Gasteiger partial charge in [-0.25, -0.2) is 13.4 Å². The average Bonchev–Trinajstić information content (AvgIpc) is 2.31. The van der Waals surface area contributed by atoms with Gasteiger partial charge in [0.2, 0.25) is 0 Å². The Hall–Kier alpha value is -0.940. The molecule has 5 heteroatoms. The fraction of sp³-hybridized carbons (Fsp3) is 0.545. The van der Waals surface area contributed by atoms with Crippen molar-refractivity contribution >= 4 is 9.84 Å². The molecule has 0 bridgehead atoms. The number of sulfone groups is 1. The van der Waals surface area contributed by atoms with Crippen molar-refractivity contribution in [1.29, 1.82) is 0 Å². The number of aromatic nitrogens is 1. The largest absolute Gasteiger partial charge is 0.313 e. The number of pyridine rings is 1. The normalized spacial score (nSPS) is 21.9. The summed E-state index contributed by atoms with van der Waals surface area (Å²) in [6, 6.07) is 5.06. The molecule has 16 heavy (non-hydrogen) atoms. The van der Waals surface area contributed by atoms with E-state index in [1.807, 2.05) is 0 Å². The summed E-state index contributed by atoms with van der Waals surface area (Å²) in [5.41, 5.74) is 0. The molecular weight excluding hydrogens is 224 g/mol. The first-order valence-electron chi connectivity index (χ1n) is 5.56. The third kappa shape index (κ3) is 2.80. The van der Waals surface area contributed by atoms with Crippen LogP contribution in [0.15, 0.2) is 29.4 Å². The molecule has 1 aromatic heterocycles. The summed E-state index contributed by atoms with van der Waals surface area (Å²) in [6.45, 7) is 0.919. The van der Waals surface area contributed by atoms with E-state index in [0.717, 1.165) is 25.8 Å². The number of nitrogens with one attached hydrogen (secondary N) is 1. The third-order valence-corrected chi connectivity index (χ3v) is 4.51. The molecule has 1 aliphatic rings. The van der Waals surface area contributed by atoms with Crippen LogP contribution in [-0.2, 0) is 9.84 Å². The summed E-state index contributed by atoms with van der Waals surface area (Å²) in [4.78, 5) is 3.90. The molecule has 88 valence electrons. The van der Waals surface area contributed by atoms with Gasteiger partial charge >= 0.3 is 0 Å². The van der Waals surface area contributed by atoms with Crippen molar-refractivity contribution < 1.29 is 8.42 Å². The topological polar surface area (TPSA) is 59.1 Å². The van der Waals surface area contributed by atoms with Crippen LogP contribution in [0.1, 0.15) is 19.3 Å². The van der Waals surface area contributed by atoms with Crippen molar-refractivity contribution in [3.05, 3.63) is 24.4 Å². The third-order valence-electron chi connectivity index (χ3n) is 2.79. The van der Waals surface area contributed by atoms with E-state index in [4.69, 9.17) is 0 Å². The lowest BCUT2D eigenvalue weighted by Gasteiger charge is -2.22. The molecule has 2 heterocycles. The second kappa shape index (κ2) is 4.93. The predicted octanol–water partition coefficient (Wildman–Crippen LogP) is 0.997. The lowest BCUT2D eigenvalue weighted by molar-refractivity contribution is 0.423. The van der Waals surface area contributed by atoms with Crippen molar-refractivity contribution in [2.75, 3.05) is 12.3 Å². The van der Waals surface area contributed by atoms with Crippen LogP contribution in [0.2, 0.25) is 0 Å². The molecule has 0 saturated carbocycles. The molecule has 0 aliphatic carbocycles. The summed E-state index contributed by atoms with van der Waals surface area (Å²) < 4.78 is 24.0. The van der Waals surface area contributed by atoms with Crippen LogP contribution < -0.4 is 5.32 Å². The van der Waals surface area contributed by atoms with E-state index in [-0.39, 0.29) is 16.8 Å². The Kier molecular flexibility index (Phi) is 3.56. The molecule has 0 spiro atoms. The number of rotatable bonds is 3.